The molecule has 0 fully saturated rings. The summed E-state index contributed by atoms with van der Waals surface area (Å²) in [5.74, 6) is 0.488. The number of rotatable bonds is 6. The summed E-state index contributed by atoms with van der Waals surface area (Å²) < 4.78 is 18.2. The Hall–Kier alpha value is -2.24. The third-order valence-corrected chi connectivity index (χ3v) is 3.75. The van der Waals surface area contributed by atoms with E-state index < -0.39 is 0 Å². The van der Waals surface area contributed by atoms with Crippen LogP contribution in [0.1, 0.15) is 57.3 Å². The Morgan fingerprint density at radius 3 is 2.50 bits per heavy atom. The third kappa shape index (κ3) is 4.63. The van der Waals surface area contributed by atoms with Gasteiger partial charge in [-0.2, -0.15) is 4.98 Å². The van der Waals surface area contributed by atoms with E-state index in [1.54, 1.807) is 12.1 Å². The van der Waals surface area contributed by atoms with E-state index in [-0.39, 0.29) is 23.1 Å². The zero-order valence-corrected chi connectivity index (χ0v) is 14.6. The smallest absolute Gasteiger partial charge is 0.232 e. The molecule has 0 spiro atoms. The van der Waals surface area contributed by atoms with Gasteiger partial charge < -0.3 is 9.84 Å². The van der Waals surface area contributed by atoms with Crippen molar-refractivity contribution in [2.75, 3.05) is 6.54 Å². The molecule has 0 aliphatic heterocycles. The Balaban J connectivity index is 1.90. The second kappa shape index (κ2) is 7.55. The number of benzene rings is 1. The molecule has 1 N–H and O–H groups in total. The minimum absolute atomic E-state index is 0.0800. The van der Waals surface area contributed by atoms with E-state index in [0.29, 0.717) is 31.1 Å². The van der Waals surface area contributed by atoms with Crippen molar-refractivity contribution in [1.29, 1.82) is 0 Å². The second-order valence-electron chi connectivity index (χ2n) is 6.82. The van der Waals surface area contributed by atoms with Crippen LogP contribution in [0.15, 0.2) is 28.8 Å². The van der Waals surface area contributed by atoms with Gasteiger partial charge in [-0.15, -0.1) is 0 Å². The molecule has 5 nitrogen and oxygen atoms in total. The van der Waals surface area contributed by atoms with E-state index >= 15 is 0 Å². The molecule has 0 aliphatic rings. The molecule has 130 valence electrons. The standard InChI is InChI=1S/C18H24FN3O2/c1-5-14(12-6-8-13(19)9-7-12)16(23)20-11-10-15-21-17(24-22-15)18(2,3)4/h6-9,14H,5,10-11H2,1-4H3,(H,20,23). The number of hydrogen-bond acceptors (Lipinski definition) is 4. The molecule has 1 unspecified atom stereocenters. The van der Waals surface area contributed by atoms with Gasteiger partial charge in [-0.05, 0) is 24.1 Å². The Bertz CT molecular complexity index is 674. The summed E-state index contributed by atoms with van der Waals surface area (Å²) in [4.78, 5) is 16.7. The van der Waals surface area contributed by atoms with Crippen LogP contribution in [0.3, 0.4) is 0 Å². The Kier molecular flexibility index (Phi) is 5.70. The Morgan fingerprint density at radius 2 is 1.96 bits per heavy atom. The van der Waals surface area contributed by atoms with Gasteiger partial charge in [-0.1, -0.05) is 45.0 Å². The number of nitrogens with zero attached hydrogens (tertiary/aromatic N) is 2. The average molecular weight is 333 g/mol. The highest BCUT2D eigenvalue weighted by Gasteiger charge is 2.22. The molecule has 0 radical (unpaired) electrons. The van der Waals surface area contributed by atoms with Crippen molar-refractivity contribution in [3.63, 3.8) is 0 Å². The van der Waals surface area contributed by atoms with Crippen LogP contribution in [0, 0.1) is 5.82 Å². The molecule has 6 heteroatoms. The van der Waals surface area contributed by atoms with Crippen LogP contribution < -0.4 is 5.32 Å². The molecule has 1 heterocycles. The first-order valence-corrected chi connectivity index (χ1v) is 8.17. The van der Waals surface area contributed by atoms with Crippen molar-refractivity contribution in [1.82, 2.24) is 15.5 Å². The number of carbonyl (C=O) groups excluding carboxylic acids is 1. The van der Waals surface area contributed by atoms with E-state index in [1.807, 2.05) is 27.7 Å². The van der Waals surface area contributed by atoms with Crippen molar-refractivity contribution < 1.29 is 13.7 Å². The van der Waals surface area contributed by atoms with Gasteiger partial charge >= 0.3 is 0 Å². The van der Waals surface area contributed by atoms with Gasteiger partial charge in [0.05, 0.1) is 5.92 Å². The Labute approximate surface area is 141 Å². The number of aromatic nitrogens is 2. The van der Waals surface area contributed by atoms with Gasteiger partial charge in [-0.3, -0.25) is 4.79 Å². The molecule has 1 aromatic carbocycles. The van der Waals surface area contributed by atoms with Gasteiger partial charge in [0, 0.05) is 18.4 Å². The molecule has 0 saturated carbocycles. The molecule has 24 heavy (non-hydrogen) atoms. The minimum atomic E-state index is -0.305. The first-order chi connectivity index (χ1) is 11.3. The summed E-state index contributed by atoms with van der Waals surface area (Å²) in [7, 11) is 0. The van der Waals surface area contributed by atoms with E-state index in [1.165, 1.54) is 12.1 Å². The number of hydrogen-bond donors (Lipinski definition) is 1. The molecule has 0 saturated heterocycles. The SMILES string of the molecule is CCC(C(=O)NCCc1noc(C(C)(C)C)n1)c1ccc(F)cc1. The summed E-state index contributed by atoms with van der Waals surface area (Å²) >= 11 is 0. The zero-order valence-electron chi connectivity index (χ0n) is 14.6. The molecule has 1 amide bonds. The van der Waals surface area contributed by atoms with Crippen molar-refractivity contribution in [3.05, 3.63) is 47.4 Å². The largest absolute Gasteiger partial charge is 0.355 e. The molecule has 2 rings (SSSR count). The predicted molar refractivity (Wildman–Crippen MR) is 89.1 cm³/mol. The lowest BCUT2D eigenvalue weighted by atomic mass is 9.95. The topological polar surface area (TPSA) is 68.0 Å². The lowest BCUT2D eigenvalue weighted by molar-refractivity contribution is -0.122. The highest BCUT2D eigenvalue weighted by Crippen LogP contribution is 2.21. The number of halogens is 1. The average Bonchev–Trinajstić information content (AvgIpc) is 2.99. The van der Waals surface area contributed by atoms with Crippen LogP contribution in [0.4, 0.5) is 4.39 Å². The second-order valence-corrected chi connectivity index (χ2v) is 6.82. The first kappa shape index (κ1) is 18.1. The molecular weight excluding hydrogens is 309 g/mol. The molecule has 1 aromatic heterocycles. The van der Waals surface area contributed by atoms with E-state index in [4.69, 9.17) is 4.52 Å². The van der Waals surface area contributed by atoms with Gasteiger partial charge in [0.2, 0.25) is 11.8 Å². The van der Waals surface area contributed by atoms with Gasteiger partial charge in [0.1, 0.15) is 5.82 Å². The highest BCUT2D eigenvalue weighted by molar-refractivity contribution is 5.83. The molecule has 1 atom stereocenters. The fourth-order valence-corrected chi connectivity index (χ4v) is 2.35. The molecule has 0 bridgehead atoms. The number of amides is 1. The van der Waals surface area contributed by atoms with Crippen LogP contribution in [-0.2, 0) is 16.6 Å². The number of nitrogens with one attached hydrogen (secondary N) is 1. The Morgan fingerprint density at radius 1 is 1.29 bits per heavy atom. The lowest BCUT2D eigenvalue weighted by Crippen LogP contribution is -2.31. The highest BCUT2D eigenvalue weighted by atomic mass is 19.1. The first-order valence-electron chi connectivity index (χ1n) is 8.17. The lowest BCUT2D eigenvalue weighted by Gasteiger charge is -2.15. The van der Waals surface area contributed by atoms with Crippen LogP contribution in [0.5, 0.6) is 0 Å². The van der Waals surface area contributed by atoms with Crippen LogP contribution >= 0.6 is 0 Å². The monoisotopic (exact) mass is 333 g/mol. The van der Waals surface area contributed by atoms with Gasteiger partial charge in [-0.25, -0.2) is 4.39 Å². The van der Waals surface area contributed by atoms with Crippen molar-refractivity contribution in [2.24, 2.45) is 0 Å². The van der Waals surface area contributed by atoms with Crippen molar-refractivity contribution >= 4 is 5.91 Å². The normalized spacial score (nSPS) is 12.9. The maximum atomic E-state index is 13.0. The van der Waals surface area contributed by atoms with Crippen molar-refractivity contribution in [3.8, 4) is 0 Å². The molecule has 2 aromatic rings. The minimum Gasteiger partial charge on any atom is -0.355 e. The van der Waals surface area contributed by atoms with Gasteiger partial charge in [0.25, 0.3) is 0 Å². The van der Waals surface area contributed by atoms with E-state index in [0.717, 1.165) is 5.56 Å². The third-order valence-electron chi connectivity index (χ3n) is 3.75. The van der Waals surface area contributed by atoms with Crippen molar-refractivity contribution in [2.45, 2.75) is 51.9 Å². The van der Waals surface area contributed by atoms with E-state index in [2.05, 4.69) is 15.5 Å². The molecular formula is C18H24FN3O2. The molecule has 0 aliphatic carbocycles. The predicted octanol–water partition coefficient (Wildman–Crippen LogP) is 3.36. The summed E-state index contributed by atoms with van der Waals surface area (Å²) in [5.41, 5.74) is 0.621. The van der Waals surface area contributed by atoms with Crippen LogP contribution in [-0.4, -0.2) is 22.6 Å². The summed E-state index contributed by atoms with van der Waals surface area (Å²) in [6.45, 7) is 8.36. The maximum absolute atomic E-state index is 13.0. The van der Waals surface area contributed by atoms with Gasteiger partial charge in [0.15, 0.2) is 5.82 Å². The fraction of sp³-hybridized carbons (Fsp3) is 0.500. The summed E-state index contributed by atoms with van der Waals surface area (Å²) in [6, 6.07) is 6.05. The van der Waals surface area contributed by atoms with E-state index in [9.17, 15) is 9.18 Å². The zero-order chi connectivity index (χ0) is 17.7. The number of carbonyl (C=O) groups is 1. The quantitative estimate of drug-likeness (QED) is 0.880. The van der Waals surface area contributed by atoms with Crippen LogP contribution in [0.25, 0.3) is 0 Å². The maximum Gasteiger partial charge on any atom is 0.232 e. The summed E-state index contributed by atoms with van der Waals surface area (Å²) in [6.07, 6.45) is 1.15. The summed E-state index contributed by atoms with van der Waals surface area (Å²) in [5, 5.41) is 6.82. The fourth-order valence-electron chi connectivity index (χ4n) is 2.35. The van der Waals surface area contributed by atoms with Crippen LogP contribution in [0.2, 0.25) is 0 Å².